The summed E-state index contributed by atoms with van der Waals surface area (Å²) < 4.78 is 34.2. The van der Waals surface area contributed by atoms with Crippen molar-refractivity contribution in [1.82, 2.24) is 4.72 Å². The molecule has 1 atom stereocenters. The van der Waals surface area contributed by atoms with E-state index in [2.05, 4.69) is 4.72 Å². The summed E-state index contributed by atoms with van der Waals surface area (Å²) in [6.07, 6.45) is 2.47. The number of nitrogens with one attached hydrogen (secondary N) is 1. The van der Waals surface area contributed by atoms with E-state index in [9.17, 15) is 8.60 Å². The van der Waals surface area contributed by atoms with Crippen LogP contribution in [0.3, 0.4) is 0 Å². The van der Waals surface area contributed by atoms with Crippen molar-refractivity contribution in [3.63, 3.8) is 0 Å². The molecular weight excluding hydrogens is 349 g/mol. The molecule has 0 amide bonds. The van der Waals surface area contributed by atoms with Crippen LogP contribution in [-0.4, -0.2) is 15.5 Å². The number of hydrogen-bond acceptors (Lipinski definition) is 2. The molecule has 0 radical (unpaired) electrons. The fraction of sp³-hybridized carbons (Fsp3) is 0.429. The van der Waals surface area contributed by atoms with Crippen LogP contribution in [-0.2, 0) is 24.0 Å². The molecule has 1 unspecified atom stereocenters. The third-order valence-corrected chi connectivity index (χ3v) is 5.50. The van der Waals surface area contributed by atoms with E-state index in [1.165, 1.54) is 6.07 Å². The smallest absolute Gasteiger partial charge is 0.123 e. The van der Waals surface area contributed by atoms with Crippen molar-refractivity contribution in [2.45, 2.75) is 51.4 Å². The largest absolute Gasteiger partial charge is 0.489 e. The highest BCUT2D eigenvalue weighted by Crippen LogP contribution is 2.23. The molecule has 3 nitrogen and oxygen atoms in total. The van der Waals surface area contributed by atoms with Crippen LogP contribution < -0.4 is 9.46 Å². The summed E-state index contributed by atoms with van der Waals surface area (Å²) in [4.78, 5) is 0. The maximum Gasteiger partial charge on any atom is 0.123 e. The Morgan fingerprint density at radius 2 is 1.81 bits per heavy atom. The average molecular weight is 378 g/mol. The van der Waals surface area contributed by atoms with Gasteiger partial charge in [-0.2, -0.15) is 0 Å². The summed E-state index contributed by atoms with van der Waals surface area (Å²) in [7, 11) is -1.05. The molecule has 26 heavy (non-hydrogen) atoms. The number of unbranched alkanes of at least 4 members (excludes halogenated alkanes) is 1. The molecule has 2 aromatic carbocycles. The van der Waals surface area contributed by atoms with E-state index < -0.39 is 11.0 Å². The lowest BCUT2D eigenvalue weighted by molar-refractivity contribution is 0.302. The molecule has 0 saturated heterocycles. The van der Waals surface area contributed by atoms with Crippen LogP contribution in [0.4, 0.5) is 4.39 Å². The van der Waals surface area contributed by atoms with Gasteiger partial charge < -0.3 is 4.74 Å². The highest BCUT2D eigenvalue weighted by atomic mass is 32.2. The molecule has 0 saturated carbocycles. The Kier molecular flexibility index (Phi) is 7.79. The molecule has 0 heterocycles. The van der Waals surface area contributed by atoms with Crippen molar-refractivity contribution >= 4 is 11.0 Å². The monoisotopic (exact) mass is 377 g/mol. The van der Waals surface area contributed by atoms with Gasteiger partial charge in [0, 0.05) is 6.54 Å². The van der Waals surface area contributed by atoms with Gasteiger partial charge in [-0.05, 0) is 69.4 Å². The van der Waals surface area contributed by atoms with Crippen LogP contribution in [0.15, 0.2) is 48.5 Å². The van der Waals surface area contributed by atoms with Crippen molar-refractivity contribution in [3.05, 3.63) is 65.5 Å². The summed E-state index contributed by atoms with van der Waals surface area (Å²) in [6, 6.07) is 14.6. The van der Waals surface area contributed by atoms with Gasteiger partial charge in [0.25, 0.3) is 0 Å². The second-order valence-corrected chi connectivity index (χ2v) is 9.31. The molecule has 0 aliphatic heterocycles. The van der Waals surface area contributed by atoms with Crippen LogP contribution in [0.1, 0.15) is 44.7 Å². The first-order chi connectivity index (χ1) is 12.4. The van der Waals surface area contributed by atoms with Crippen LogP contribution in [0.25, 0.3) is 0 Å². The number of benzene rings is 2. The molecule has 0 bridgehead atoms. The fourth-order valence-electron chi connectivity index (χ4n) is 2.44. The van der Waals surface area contributed by atoms with Gasteiger partial charge in [-0.25, -0.2) is 13.3 Å². The number of ether oxygens (including phenoxy) is 1. The topological polar surface area (TPSA) is 38.3 Å². The Labute approximate surface area is 158 Å². The van der Waals surface area contributed by atoms with Crippen molar-refractivity contribution in [3.8, 4) is 5.75 Å². The summed E-state index contributed by atoms with van der Waals surface area (Å²) >= 11 is 0. The number of rotatable bonds is 9. The minimum Gasteiger partial charge on any atom is -0.489 e. The summed E-state index contributed by atoms with van der Waals surface area (Å²) in [6.45, 7) is 6.97. The van der Waals surface area contributed by atoms with Gasteiger partial charge in [-0.15, -0.1) is 0 Å². The Balaban J connectivity index is 1.84. The third kappa shape index (κ3) is 6.89. The van der Waals surface area contributed by atoms with Gasteiger partial charge in [0.2, 0.25) is 0 Å². The molecule has 0 aliphatic carbocycles. The summed E-state index contributed by atoms with van der Waals surface area (Å²) in [5.74, 6) is 0.473. The Hall–Kier alpha value is -1.72. The summed E-state index contributed by atoms with van der Waals surface area (Å²) in [5, 5.41) is 0. The molecule has 2 rings (SSSR count). The van der Waals surface area contributed by atoms with Crippen molar-refractivity contribution < 1.29 is 13.3 Å². The maximum absolute atomic E-state index is 13.6. The molecule has 1 N–H and O–H groups in total. The van der Waals surface area contributed by atoms with Gasteiger partial charge in [-0.3, -0.25) is 0 Å². The Morgan fingerprint density at radius 1 is 1.08 bits per heavy atom. The Morgan fingerprint density at radius 3 is 2.50 bits per heavy atom. The lowest BCUT2D eigenvalue weighted by Gasteiger charge is -2.18. The molecule has 0 aliphatic rings. The van der Waals surface area contributed by atoms with E-state index in [0.717, 1.165) is 36.1 Å². The first-order valence-electron chi connectivity index (χ1n) is 8.97. The fourth-order valence-corrected chi connectivity index (χ4v) is 3.20. The second-order valence-electron chi connectivity index (χ2n) is 7.26. The van der Waals surface area contributed by atoms with Crippen molar-refractivity contribution in [1.29, 1.82) is 0 Å². The third-order valence-electron chi connectivity index (χ3n) is 3.92. The quantitative estimate of drug-likeness (QED) is 0.639. The standard InChI is InChI=1S/C21H28FNO2S/c1-21(2,3)26(24)23-14-8-7-11-18-15-19(22)12-13-20(18)25-16-17-9-5-4-6-10-17/h4-6,9-10,12-13,15,23H,7-8,11,14,16H2,1-3H3. The zero-order valence-electron chi connectivity index (χ0n) is 15.8. The number of halogens is 1. The minimum absolute atomic E-state index is 0.251. The van der Waals surface area contributed by atoms with Gasteiger partial charge in [0.1, 0.15) is 18.2 Å². The van der Waals surface area contributed by atoms with Crippen molar-refractivity contribution in [2.75, 3.05) is 6.54 Å². The van der Waals surface area contributed by atoms with Gasteiger partial charge in [-0.1, -0.05) is 30.3 Å². The lowest BCUT2D eigenvalue weighted by atomic mass is 10.1. The highest BCUT2D eigenvalue weighted by Gasteiger charge is 2.18. The van der Waals surface area contributed by atoms with Crippen LogP contribution in [0, 0.1) is 5.82 Å². The zero-order chi connectivity index (χ0) is 19.0. The van der Waals surface area contributed by atoms with E-state index in [-0.39, 0.29) is 10.6 Å². The molecular formula is C21H28FNO2S. The minimum atomic E-state index is -1.05. The maximum atomic E-state index is 13.6. The predicted octanol–water partition coefficient (Wildman–Crippen LogP) is 4.78. The number of hydrogen-bond donors (Lipinski definition) is 1. The molecule has 0 fully saturated rings. The Bertz CT molecular complexity index is 714. The predicted molar refractivity (Wildman–Crippen MR) is 106 cm³/mol. The molecule has 0 spiro atoms. The lowest BCUT2D eigenvalue weighted by Crippen LogP contribution is -2.33. The van der Waals surface area contributed by atoms with E-state index in [4.69, 9.17) is 4.74 Å². The van der Waals surface area contributed by atoms with Gasteiger partial charge >= 0.3 is 0 Å². The van der Waals surface area contributed by atoms with Crippen LogP contribution in [0.5, 0.6) is 5.75 Å². The molecule has 142 valence electrons. The van der Waals surface area contributed by atoms with E-state index in [1.807, 2.05) is 51.1 Å². The van der Waals surface area contributed by atoms with Crippen molar-refractivity contribution in [2.24, 2.45) is 0 Å². The molecule has 5 heteroatoms. The zero-order valence-corrected chi connectivity index (χ0v) is 16.6. The van der Waals surface area contributed by atoms with E-state index in [1.54, 1.807) is 12.1 Å². The van der Waals surface area contributed by atoms with Gasteiger partial charge in [0.05, 0.1) is 15.7 Å². The van der Waals surface area contributed by atoms with E-state index >= 15 is 0 Å². The normalized spacial score (nSPS) is 12.8. The average Bonchev–Trinajstić information content (AvgIpc) is 2.60. The molecule has 0 aromatic heterocycles. The molecule has 2 aromatic rings. The second kappa shape index (κ2) is 9.83. The SMILES string of the molecule is CC(C)(C)S(=O)NCCCCc1cc(F)ccc1OCc1ccccc1. The summed E-state index contributed by atoms with van der Waals surface area (Å²) in [5.41, 5.74) is 1.95. The van der Waals surface area contributed by atoms with Crippen LogP contribution >= 0.6 is 0 Å². The first kappa shape index (κ1) is 20.6. The van der Waals surface area contributed by atoms with Gasteiger partial charge in [0.15, 0.2) is 0 Å². The number of aryl methyl sites for hydroxylation is 1. The van der Waals surface area contributed by atoms with E-state index in [0.29, 0.717) is 13.2 Å². The highest BCUT2D eigenvalue weighted by molar-refractivity contribution is 7.84. The first-order valence-corrected chi connectivity index (χ1v) is 10.1. The van der Waals surface area contributed by atoms with Crippen LogP contribution in [0.2, 0.25) is 0 Å².